The van der Waals surface area contributed by atoms with Gasteiger partial charge in [0, 0.05) is 43.2 Å². The van der Waals surface area contributed by atoms with E-state index in [4.69, 9.17) is 9.47 Å². The number of hydrogen-bond acceptors (Lipinski definition) is 6. The second kappa shape index (κ2) is 10.3. The van der Waals surface area contributed by atoms with Gasteiger partial charge in [0.25, 0.3) is 0 Å². The molecule has 1 aromatic heterocycles. The molecule has 3 aromatic rings. The van der Waals surface area contributed by atoms with E-state index in [2.05, 4.69) is 70.4 Å². The first kappa shape index (κ1) is 23.1. The molecule has 0 amide bonds. The van der Waals surface area contributed by atoms with Gasteiger partial charge in [-0.05, 0) is 68.6 Å². The van der Waals surface area contributed by atoms with Crippen LogP contribution in [0, 0.1) is 0 Å². The topological polar surface area (TPSA) is 58.1 Å². The van der Waals surface area contributed by atoms with Gasteiger partial charge in [-0.15, -0.1) is 0 Å². The fraction of sp³-hybridized carbons (Fsp3) is 0.464. The Morgan fingerprint density at radius 2 is 2.06 bits per heavy atom. The van der Waals surface area contributed by atoms with Gasteiger partial charge in [-0.25, -0.2) is 0 Å². The molecule has 180 valence electrons. The van der Waals surface area contributed by atoms with Crippen LogP contribution in [0.3, 0.4) is 0 Å². The van der Waals surface area contributed by atoms with Crippen LogP contribution in [0.5, 0.6) is 5.75 Å². The number of aromatic nitrogens is 1. The number of pyridine rings is 1. The number of para-hydroxylation sites is 1. The maximum absolute atomic E-state index is 9.86. The minimum atomic E-state index is -0.652. The zero-order valence-corrected chi connectivity index (χ0v) is 20.2. The first-order chi connectivity index (χ1) is 16.5. The van der Waals surface area contributed by atoms with Crippen molar-refractivity contribution in [2.45, 2.75) is 57.6 Å². The standard InChI is InChI=1S/C28H35N3O3/c1-20-14-24(17-28(32)34-20)30(2)11-5-13-33-25-16-23-15-21(8-9-26(23)29-18-25)19-31-12-10-22-6-3-4-7-27(22)31/h3-4,6-9,15-16,18,20,24,28,32H,5,10-14,17,19H2,1-2H3. The lowest BCUT2D eigenvalue weighted by Crippen LogP contribution is -2.43. The maximum Gasteiger partial charge on any atom is 0.156 e. The molecule has 5 rings (SSSR count). The third kappa shape index (κ3) is 5.35. The number of benzene rings is 2. The second-order valence-electron chi connectivity index (χ2n) is 9.71. The zero-order valence-electron chi connectivity index (χ0n) is 20.2. The van der Waals surface area contributed by atoms with Crippen LogP contribution < -0.4 is 9.64 Å². The van der Waals surface area contributed by atoms with Crippen LogP contribution in [-0.4, -0.2) is 60.2 Å². The first-order valence-electron chi connectivity index (χ1n) is 12.4. The van der Waals surface area contributed by atoms with E-state index in [0.717, 1.165) is 55.5 Å². The molecule has 0 bridgehead atoms. The lowest BCUT2D eigenvalue weighted by atomic mass is 10.0. The van der Waals surface area contributed by atoms with E-state index >= 15 is 0 Å². The summed E-state index contributed by atoms with van der Waals surface area (Å²) in [7, 11) is 2.12. The Kier molecular flexibility index (Phi) is 6.99. The van der Waals surface area contributed by atoms with Crippen LogP contribution in [0.1, 0.15) is 37.3 Å². The molecule has 3 heterocycles. The Morgan fingerprint density at radius 1 is 1.18 bits per heavy atom. The molecule has 6 heteroatoms. The highest BCUT2D eigenvalue weighted by molar-refractivity contribution is 5.80. The Bertz CT molecular complexity index is 1110. The van der Waals surface area contributed by atoms with Crippen molar-refractivity contribution >= 4 is 16.6 Å². The average molecular weight is 462 g/mol. The molecule has 0 saturated carbocycles. The largest absolute Gasteiger partial charge is 0.492 e. The number of rotatable bonds is 8. The summed E-state index contributed by atoms with van der Waals surface area (Å²) >= 11 is 0. The highest BCUT2D eigenvalue weighted by Gasteiger charge is 2.28. The van der Waals surface area contributed by atoms with Crippen molar-refractivity contribution in [1.82, 2.24) is 9.88 Å². The fourth-order valence-corrected chi connectivity index (χ4v) is 5.27. The molecule has 1 N–H and O–H groups in total. The van der Waals surface area contributed by atoms with Crippen LogP contribution >= 0.6 is 0 Å². The van der Waals surface area contributed by atoms with Crippen molar-refractivity contribution in [3.63, 3.8) is 0 Å². The van der Waals surface area contributed by atoms with E-state index in [1.165, 1.54) is 16.8 Å². The molecule has 3 atom stereocenters. The Labute approximate surface area is 202 Å². The lowest BCUT2D eigenvalue weighted by molar-refractivity contribution is -0.173. The third-order valence-corrected chi connectivity index (χ3v) is 7.09. The van der Waals surface area contributed by atoms with Crippen LogP contribution in [0.2, 0.25) is 0 Å². The van der Waals surface area contributed by atoms with Crippen molar-refractivity contribution < 1.29 is 14.6 Å². The van der Waals surface area contributed by atoms with E-state index in [1.54, 1.807) is 0 Å². The van der Waals surface area contributed by atoms with E-state index in [9.17, 15) is 5.11 Å². The quantitative estimate of drug-likeness (QED) is 0.503. The van der Waals surface area contributed by atoms with E-state index in [0.29, 0.717) is 19.1 Å². The summed E-state index contributed by atoms with van der Waals surface area (Å²) in [5.41, 5.74) is 5.07. The SMILES string of the molecule is CC1CC(N(C)CCCOc2cnc3ccc(CN4CCc5ccccc54)cc3c2)CC(O)O1. The summed E-state index contributed by atoms with van der Waals surface area (Å²) in [5.74, 6) is 0.814. The normalized spacial score (nSPS) is 22.4. The first-order valence-corrected chi connectivity index (χ1v) is 12.4. The van der Waals surface area contributed by atoms with E-state index in [1.807, 2.05) is 13.1 Å². The van der Waals surface area contributed by atoms with Crippen molar-refractivity contribution in [3.05, 3.63) is 65.9 Å². The monoisotopic (exact) mass is 461 g/mol. The highest BCUT2D eigenvalue weighted by Crippen LogP contribution is 2.29. The summed E-state index contributed by atoms with van der Waals surface area (Å²) < 4.78 is 11.5. The van der Waals surface area contributed by atoms with Crippen LogP contribution in [0.25, 0.3) is 10.9 Å². The Morgan fingerprint density at radius 3 is 2.94 bits per heavy atom. The summed E-state index contributed by atoms with van der Waals surface area (Å²) in [4.78, 5) is 9.37. The molecule has 6 nitrogen and oxygen atoms in total. The second-order valence-corrected chi connectivity index (χ2v) is 9.71. The average Bonchev–Trinajstić information content (AvgIpc) is 3.23. The molecular weight excluding hydrogens is 426 g/mol. The van der Waals surface area contributed by atoms with Gasteiger partial charge in [0.1, 0.15) is 5.75 Å². The number of anilines is 1. The van der Waals surface area contributed by atoms with Crippen molar-refractivity contribution in [2.24, 2.45) is 0 Å². The number of aliphatic hydroxyl groups excluding tert-OH is 1. The third-order valence-electron chi connectivity index (χ3n) is 7.09. The summed E-state index contributed by atoms with van der Waals surface area (Å²) in [6.07, 6.45) is 4.93. The van der Waals surface area contributed by atoms with Gasteiger partial charge in [0.15, 0.2) is 6.29 Å². The molecule has 0 aliphatic carbocycles. The number of fused-ring (bicyclic) bond motifs is 2. The van der Waals surface area contributed by atoms with Gasteiger partial charge in [0.2, 0.25) is 0 Å². The van der Waals surface area contributed by atoms with Crippen molar-refractivity contribution in [1.29, 1.82) is 0 Å². The molecular formula is C28H35N3O3. The minimum Gasteiger partial charge on any atom is -0.492 e. The molecule has 2 aromatic carbocycles. The number of nitrogens with zero attached hydrogens (tertiary/aromatic N) is 3. The molecule has 34 heavy (non-hydrogen) atoms. The number of aliphatic hydroxyl groups is 1. The van der Waals surface area contributed by atoms with E-state index < -0.39 is 6.29 Å². The van der Waals surface area contributed by atoms with Crippen LogP contribution in [-0.2, 0) is 17.7 Å². The molecule has 2 aliphatic heterocycles. The molecule has 1 fully saturated rings. The minimum absolute atomic E-state index is 0.0984. The molecule has 0 radical (unpaired) electrons. The number of hydrogen-bond donors (Lipinski definition) is 1. The summed E-state index contributed by atoms with van der Waals surface area (Å²) in [5, 5.41) is 11.0. The number of ether oxygens (including phenoxy) is 2. The van der Waals surface area contributed by atoms with Crippen LogP contribution in [0.15, 0.2) is 54.7 Å². The van der Waals surface area contributed by atoms with Gasteiger partial charge in [-0.3, -0.25) is 4.98 Å². The molecule has 1 saturated heterocycles. The fourth-order valence-electron chi connectivity index (χ4n) is 5.27. The Balaban J connectivity index is 1.16. The van der Waals surface area contributed by atoms with Gasteiger partial charge in [-0.2, -0.15) is 0 Å². The molecule has 0 spiro atoms. The highest BCUT2D eigenvalue weighted by atomic mass is 16.6. The van der Waals surface area contributed by atoms with Gasteiger partial charge in [-0.1, -0.05) is 24.3 Å². The zero-order chi connectivity index (χ0) is 23.5. The van der Waals surface area contributed by atoms with E-state index in [-0.39, 0.29) is 6.10 Å². The molecule has 3 unspecified atom stereocenters. The summed E-state index contributed by atoms with van der Waals surface area (Å²) in [6, 6.07) is 17.7. The summed E-state index contributed by atoms with van der Waals surface area (Å²) in [6.45, 7) is 5.56. The maximum atomic E-state index is 9.86. The smallest absolute Gasteiger partial charge is 0.156 e. The van der Waals surface area contributed by atoms with Gasteiger partial charge >= 0.3 is 0 Å². The molecule has 2 aliphatic rings. The van der Waals surface area contributed by atoms with Crippen LogP contribution in [0.4, 0.5) is 5.69 Å². The van der Waals surface area contributed by atoms with Gasteiger partial charge < -0.3 is 24.4 Å². The van der Waals surface area contributed by atoms with Crippen molar-refractivity contribution in [3.8, 4) is 5.75 Å². The predicted molar refractivity (Wildman–Crippen MR) is 135 cm³/mol. The lowest BCUT2D eigenvalue weighted by Gasteiger charge is -2.36. The Hall–Kier alpha value is -2.67. The van der Waals surface area contributed by atoms with Crippen molar-refractivity contribution in [2.75, 3.05) is 31.6 Å². The van der Waals surface area contributed by atoms with Gasteiger partial charge in [0.05, 0.1) is 24.4 Å². The predicted octanol–water partition coefficient (Wildman–Crippen LogP) is 4.38.